The SMILES string of the molecule is CNCCc1ccccc1C(=O)N1CCN(c2ccccc2Cl)CC1. The van der Waals surface area contributed by atoms with Gasteiger partial charge in [-0.25, -0.2) is 0 Å². The molecule has 0 unspecified atom stereocenters. The van der Waals surface area contributed by atoms with Crippen molar-refractivity contribution in [1.82, 2.24) is 10.2 Å². The van der Waals surface area contributed by atoms with Gasteiger partial charge >= 0.3 is 0 Å². The summed E-state index contributed by atoms with van der Waals surface area (Å²) in [6.07, 6.45) is 0.859. The third kappa shape index (κ3) is 4.14. The minimum Gasteiger partial charge on any atom is -0.367 e. The van der Waals surface area contributed by atoms with E-state index in [-0.39, 0.29) is 5.91 Å². The number of carbonyl (C=O) groups excluding carboxylic acids is 1. The topological polar surface area (TPSA) is 35.6 Å². The van der Waals surface area contributed by atoms with E-state index < -0.39 is 0 Å². The number of anilines is 1. The highest BCUT2D eigenvalue weighted by Gasteiger charge is 2.24. The second-order valence-electron chi connectivity index (χ2n) is 6.24. The van der Waals surface area contributed by atoms with Crippen molar-refractivity contribution >= 4 is 23.2 Å². The van der Waals surface area contributed by atoms with Crippen LogP contribution in [0, 0.1) is 0 Å². The predicted molar refractivity (Wildman–Crippen MR) is 104 cm³/mol. The molecule has 1 aliphatic heterocycles. The van der Waals surface area contributed by atoms with Gasteiger partial charge in [0.1, 0.15) is 0 Å². The molecule has 0 aromatic heterocycles. The summed E-state index contributed by atoms with van der Waals surface area (Å²) in [6.45, 7) is 3.89. The van der Waals surface area contributed by atoms with Crippen molar-refractivity contribution in [2.75, 3.05) is 44.7 Å². The quantitative estimate of drug-likeness (QED) is 0.893. The summed E-state index contributed by atoms with van der Waals surface area (Å²) in [5, 5.41) is 3.91. The summed E-state index contributed by atoms with van der Waals surface area (Å²) in [6, 6.07) is 15.8. The molecule has 0 spiro atoms. The van der Waals surface area contributed by atoms with E-state index in [1.807, 2.05) is 60.5 Å². The maximum atomic E-state index is 13.0. The minimum absolute atomic E-state index is 0.130. The number of carbonyl (C=O) groups is 1. The second-order valence-corrected chi connectivity index (χ2v) is 6.65. The fourth-order valence-electron chi connectivity index (χ4n) is 3.24. The number of halogens is 1. The largest absolute Gasteiger partial charge is 0.367 e. The molecule has 1 amide bonds. The molecular formula is C20H24ClN3O. The van der Waals surface area contributed by atoms with E-state index in [1.54, 1.807) is 0 Å². The smallest absolute Gasteiger partial charge is 0.254 e. The Kier molecular flexibility index (Phi) is 5.95. The van der Waals surface area contributed by atoms with E-state index in [0.717, 1.165) is 47.9 Å². The average Bonchev–Trinajstić information content (AvgIpc) is 2.66. The van der Waals surface area contributed by atoms with Gasteiger partial charge in [0.15, 0.2) is 0 Å². The summed E-state index contributed by atoms with van der Waals surface area (Å²) in [4.78, 5) is 17.2. The van der Waals surface area contributed by atoms with Crippen LogP contribution in [0.25, 0.3) is 0 Å². The number of amides is 1. The van der Waals surface area contributed by atoms with Gasteiger partial charge in [-0.2, -0.15) is 0 Å². The van der Waals surface area contributed by atoms with Crippen LogP contribution in [0.4, 0.5) is 5.69 Å². The van der Waals surface area contributed by atoms with Crippen LogP contribution in [-0.4, -0.2) is 50.6 Å². The van der Waals surface area contributed by atoms with Gasteiger partial charge in [0.05, 0.1) is 10.7 Å². The lowest BCUT2D eigenvalue weighted by Gasteiger charge is -2.36. The highest BCUT2D eigenvalue weighted by atomic mass is 35.5. The summed E-state index contributed by atoms with van der Waals surface area (Å²) < 4.78 is 0. The number of nitrogens with one attached hydrogen (secondary N) is 1. The first kappa shape index (κ1) is 17.8. The molecule has 132 valence electrons. The van der Waals surface area contributed by atoms with E-state index in [9.17, 15) is 4.79 Å². The van der Waals surface area contributed by atoms with Crippen LogP contribution in [-0.2, 0) is 6.42 Å². The van der Waals surface area contributed by atoms with E-state index in [4.69, 9.17) is 11.6 Å². The monoisotopic (exact) mass is 357 g/mol. The van der Waals surface area contributed by atoms with Crippen LogP contribution in [0.5, 0.6) is 0 Å². The Labute approximate surface area is 154 Å². The highest BCUT2D eigenvalue weighted by molar-refractivity contribution is 6.33. The van der Waals surface area contributed by atoms with Crippen LogP contribution in [0.1, 0.15) is 15.9 Å². The van der Waals surface area contributed by atoms with Crippen molar-refractivity contribution in [3.05, 3.63) is 64.7 Å². The summed E-state index contributed by atoms with van der Waals surface area (Å²) >= 11 is 6.29. The zero-order chi connectivity index (χ0) is 17.6. The molecule has 3 rings (SSSR count). The van der Waals surface area contributed by atoms with Crippen molar-refractivity contribution in [1.29, 1.82) is 0 Å². The molecule has 1 N–H and O–H groups in total. The number of rotatable bonds is 5. The van der Waals surface area contributed by atoms with Crippen LogP contribution in [0.15, 0.2) is 48.5 Å². The molecule has 0 radical (unpaired) electrons. The molecule has 5 heteroatoms. The van der Waals surface area contributed by atoms with Gasteiger partial charge in [-0.3, -0.25) is 4.79 Å². The maximum Gasteiger partial charge on any atom is 0.254 e. The zero-order valence-electron chi connectivity index (χ0n) is 14.5. The Morgan fingerprint density at radius 3 is 2.44 bits per heavy atom. The first-order valence-corrected chi connectivity index (χ1v) is 9.10. The summed E-state index contributed by atoms with van der Waals surface area (Å²) in [7, 11) is 1.93. The van der Waals surface area contributed by atoms with Crippen LogP contribution >= 0.6 is 11.6 Å². The van der Waals surface area contributed by atoms with Crippen molar-refractivity contribution in [3.8, 4) is 0 Å². The van der Waals surface area contributed by atoms with Gasteiger partial charge in [0, 0.05) is 31.7 Å². The van der Waals surface area contributed by atoms with Gasteiger partial charge in [-0.1, -0.05) is 41.9 Å². The van der Waals surface area contributed by atoms with Gasteiger partial charge in [-0.15, -0.1) is 0 Å². The van der Waals surface area contributed by atoms with Gasteiger partial charge < -0.3 is 15.1 Å². The molecule has 1 heterocycles. The average molecular weight is 358 g/mol. The van der Waals surface area contributed by atoms with Gasteiger partial charge in [0.25, 0.3) is 5.91 Å². The van der Waals surface area contributed by atoms with Gasteiger partial charge in [0.2, 0.25) is 0 Å². The Morgan fingerprint density at radius 1 is 1.04 bits per heavy atom. The third-order valence-corrected chi connectivity index (χ3v) is 4.97. The standard InChI is InChI=1S/C20H24ClN3O/c1-22-11-10-16-6-2-3-7-17(16)20(25)24-14-12-23(13-15-24)19-9-5-4-8-18(19)21/h2-9,22H,10-15H2,1H3. The fourth-order valence-corrected chi connectivity index (χ4v) is 3.49. The zero-order valence-corrected chi connectivity index (χ0v) is 15.3. The second kappa shape index (κ2) is 8.37. The molecule has 2 aromatic carbocycles. The lowest BCUT2D eigenvalue weighted by atomic mass is 10.0. The number of benzene rings is 2. The van der Waals surface area contributed by atoms with Crippen molar-refractivity contribution < 1.29 is 4.79 Å². The van der Waals surface area contributed by atoms with Crippen molar-refractivity contribution in [3.63, 3.8) is 0 Å². The molecule has 2 aromatic rings. The van der Waals surface area contributed by atoms with Gasteiger partial charge in [-0.05, 0) is 43.8 Å². The first-order chi connectivity index (χ1) is 12.2. The van der Waals surface area contributed by atoms with Crippen LogP contribution < -0.4 is 10.2 Å². The Morgan fingerprint density at radius 2 is 1.72 bits per heavy atom. The Balaban J connectivity index is 1.67. The number of hydrogen-bond acceptors (Lipinski definition) is 3. The normalized spacial score (nSPS) is 14.6. The fraction of sp³-hybridized carbons (Fsp3) is 0.350. The number of nitrogens with zero attached hydrogens (tertiary/aromatic N) is 2. The van der Waals surface area contributed by atoms with Crippen molar-refractivity contribution in [2.24, 2.45) is 0 Å². The Bertz CT molecular complexity index is 726. The predicted octanol–water partition coefficient (Wildman–Crippen LogP) is 3.06. The molecule has 4 nitrogen and oxygen atoms in total. The molecule has 1 fully saturated rings. The number of likely N-dealkylation sites (N-methyl/N-ethyl adjacent to an activating group) is 1. The molecule has 0 atom stereocenters. The first-order valence-electron chi connectivity index (χ1n) is 8.72. The maximum absolute atomic E-state index is 13.0. The van der Waals surface area contributed by atoms with Crippen LogP contribution in [0.3, 0.4) is 0 Å². The number of hydrogen-bond donors (Lipinski definition) is 1. The molecular weight excluding hydrogens is 334 g/mol. The lowest BCUT2D eigenvalue weighted by Crippen LogP contribution is -2.49. The molecule has 0 bridgehead atoms. The molecule has 1 aliphatic rings. The highest BCUT2D eigenvalue weighted by Crippen LogP contribution is 2.26. The molecule has 25 heavy (non-hydrogen) atoms. The summed E-state index contributed by atoms with van der Waals surface area (Å²) in [5.41, 5.74) is 2.98. The molecule has 0 saturated carbocycles. The summed E-state index contributed by atoms with van der Waals surface area (Å²) in [5.74, 6) is 0.130. The van der Waals surface area contributed by atoms with Crippen molar-refractivity contribution in [2.45, 2.75) is 6.42 Å². The van der Waals surface area contributed by atoms with E-state index in [0.29, 0.717) is 13.1 Å². The minimum atomic E-state index is 0.130. The third-order valence-electron chi connectivity index (χ3n) is 4.65. The number of piperazine rings is 1. The van der Waals surface area contributed by atoms with E-state index >= 15 is 0 Å². The van der Waals surface area contributed by atoms with Crippen LogP contribution in [0.2, 0.25) is 5.02 Å². The number of para-hydroxylation sites is 1. The molecule has 0 aliphatic carbocycles. The lowest BCUT2D eigenvalue weighted by molar-refractivity contribution is 0.0745. The van der Waals surface area contributed by atoms with E-state index in [1.165, 1.54) is 0 Å². The van der Waals surface area contributed by atoms with E-state index in [2.05, 4.69) is 10.2 Å². The molecule has 1 saturated heterocycles. The Hall–Kier alpha value is -2.04.